The Labute approximate surface area is 320 Å². The Bertz CT molecular complexity index is 1160. The van der Waals surface area contributed by atoms with Gasteiger partial charge in [-0.2, -0.15) is 0 Å². The number of hydrogen-bond donors (Lipinski definition) is 5. The van der Waals surface area contributed by atoms with Gasteiger partial charge in [-0.15, -0.1) is 0 Å². The van der Waals surface area contributed by atoms with Gasteiger partial charge in [-0.3, -0.25) is 0 Å². The van der Waals surface area contributed by atoms with Crippen molar-refractivity contribution in [2.75, 3.05) is 7.11 Å². The Balaban J connectivity index is 1.90. The number of allylic oxidation sites excluding steroid dienone is 4. The third-order valence-corrected chi connectivity index (χ3v) is 12.5. The van der Waals surface area contributed by atoms with Crippen molar-refractivity contribution in [3.05, 3.63) is 36.5 Å². The van der Waals surface area contributed by atoms with Crippen molar-refractivity contribution in [3.8, 4) is 0 Å². The van der Waals surface area contributed by atoms with E-state index in [4.69, 9.17) is 18.9 Å². The van der Waals surface area contributed by atoms with Crippen LogP contribution in [0.15, 0.2) is 36.5 Å². The third-order valence-electron chi connectivity index (χ3n) is 12.5. The van der Waals surface area contributed by atoms with Crippen molar-refractivity contribution in [2.24, 2.45) is 35.5 Å². The lowest BCUT2D eigenvalue weighted by molar-refractivity contribution is -0.349. The minimum absolute atomic E-state index is 0.0321. The summed E-state index contributed by atoms with van der Waals surface area (Å²) in [6.45, 7) is 13.6. The molecule has 10 heteroatoms. The second-order valence-electron chi connectivity index (χ2n) is 16.7. The van der Waals surface area contributed by atoms with Gasteiger partial charge in [-0.05, 0) is 83.0 Å². The number of aliphatic hydroxyl groups is 5. The van der Waals surface area contributed by atoms with Gasteiger partial charge >= 0.3 is 5.97 Å². The standard InChI is InChI=1S/C43H74O10/c1-9-32-15-13-11-12-14-16-35(45)30(6)36(46)24-33(50-8)25-37(47)31(7)42(49)28(4)17-20-41(48)51-40-26-43(52-38(19-18-32)34(40)10-2)22-21-27(3)39(53-43)23-29(5)44/h11-13,15,17,20,27-40,42,44-47,49H,9-10,14,16,18-19,21-26H2,1-8H3/b12-11+,15-13+,20-17+/t27-,28-,29+,30+,31-,32-,33+,34+,35+,36-,37+,38-,39-,40-,42+,43-/m0/s1. The van der Waals surface area contributed by atoms with E-state index in [1.807, 2.05) is 19.1 Å². The first-order chi connectivity index (χ1) is 25.1. The molecule has 0 unspecified atom stereocenters. The minimum atomic E-state index is -0.952. The van der Waals surface area contributed by atoms with Gasteiger partial charge in [0.15, 0.2) is 5.79 Å². The van der Waals surface area contributed by atoms with Crippen LogP contribution in [0.4, 0.5) is 0 Å². The van der Waals surface area contributed by atoms with Crippen LogP contribution in [-0.2, 0) is 23.7 Å². The van der Waals surface area contributed by atoms with E-state index in [1.165, 1.54) is 13.2 Å². The van der Waals surface area contributed by atoms with E-state index in [0.717, 1.165) is 32.1 Å². The number of rotatable bonds is 5. The molecule has 16 atom stereocenters. The molecular weight excluding hydrogens is 676 g/mol. The number of methoxy groups -OCH3 is 1. The van der Waals surface area contributed by atoms with E-state index < -0.39 is 66.3 Å². The quantitative estimate of drug-likeness (QED) is 0.199. The maximum Gasteiger partial charge on any atom is 0.330 e. The van der Waals surface area contributed by atoms with Crippen molar-refractivity contribution in [1.82, 2.24) is 0 Å². The minimum Gasteiger partial charge on any atom is -0.459 e. The Hall–Kier alpha value is -1.63. The molecule has 3 aliphatic heterocycles. The van der Waals surface area contributed by atoms with Crippen LogP contribution in [0, 0.1) is 35.5 Å². The van der Waals surface area contributed by atoms with Gasteiger partial charge in [-0.25, -0.2) is 4.79 Å². The first kappa shape index (κ1) is 45.8. The number of carbonyl (C=O) groups excluding carboxylic acids is 1. The van der Waals surface area contributed by atoms with Crippen molar-refractivity contribution in [3.63, 3.8) is 0 Å². The lowest BCUT2D eigenvalue weighted by Crippen LogP contribution is -2.57. The molecule has 0 aliphatic carbocycles. The van der Waals surface area contributed by atoms with Gasteiger partial charge in [-0.1, -0.05) is 71.9 Å². The molecule has 1 spiro atoms. The van der Waals surface area contributed by atoms with Crippen molar-refractivity contribution >= 4 is 5.97 Å². The smallest absolute Gasteiger partial charge is 0.330 e. The fourth-order valence-corrected chi connectivity index (χ4v) is 8.47. The van der Waals surface area contributed by atoms with Crippen LogP contribution in [0.1, 0.15) is 126 Å². The van der Waals surface area contributed by atoms with Gasteiger partial charge in [0.1, 0.15) is 6.10 Å². The molecule has 306 valence electrons. The Morgan fingerprint density at radius 2 is 1.57 bits per heavy atom. The molecule has 0 radical (unpaired) electrons. The van der Waals surface area contributed by atoms with Crippen LogP contribution in [0.25, 0.3) is 0 Å². The molecule has 3 aliphatic rings. The highest BCUT2D eigenvalue weighted by atomic mass is 16.7. The van der Waals surface area contributed by atoms with E-state index in [0.29, 0.717) is 38.0 Å². The van der Waals surface area contributed by atoms with Crippen LogP contribution in [0.3, 0.4) is 0 Å². The third kappa shape index (κ3) is 13.8. The van der Waals surface area contributed by atoms with Gasteiger partial charge in [0.05, 0.1) is 48.8 Å². The van der Waals surface area contributed by atoms with Crippen LogP contribution in [-0.4, -0.2) is 99.3 Å². The van der Waals surface area contributed by atoms with Crippen LogP contribution >= 0.6 is 0 Å². The molecule has 2 saturated heterocycles. The first-order valence-corrected chi connectivity index (χ1v) is 20.6. The number of carbonyl (C=O) groups is 1. The molecule has 0 amide bonds. The largest absolute Gasteiger partial charge is 0.459 e. The fourth-order valence-electron chi connectivity index (χ4n) is 8.47. The highest BCUT2D eigenvalue weighted by molar-refractivity contribution is 5.82. The molecule has 0 aromatic heterocycles. The molecule has 3 heterocycles. The summed E-state index contributed by atoms with van der Waals surface area (Å²) in [5.41, 5.74) is 0. The highest BCUT2D eigenvalue weighted by Crippen LogP contribution is 2.46. The number of fused-ring (bicyclic) bond motifs is 2. The average molecular weight is 751 g/mol. The molecule has 0 saturated carbocycles. The topological polar surface area (TPSA) is 155 Å². The lowest BCUT2D eigenvalue weighted by Gasteiger charge is -2.52. The summed E-state index contributed by atoms with van der Waals surface area (Å²) in [5.74, 6) is -2.24. The Morgan fingerprint density at radius 1 is 0.868 bits per heavy atom. The first-order valence-electron chi connectivity index (χ1n) is 20.6. The van der Waals surface area contributed by atoms with E-state index >= 15 is 0 Å². The zero-order chi connectivity index (χ0) is 39.3. The molecule has 0 aromatic carbocycles. The number of ether oxygens (including phenoxy) is 4. The molecule has 0 aromatic rings. The van der Waals surface area contributed by atoms with E-state index in [-0.39, 0.29) is 42.8 Å². The summed E-state index contributed by atoms with van der Waals surface area (Å²) < 4.78 is 25.6. The number of hydrogen-bond acceptors (Lipinski definition) is 10. The monoisotopic (exact) mass is 751 g/mol. The van der Waals surface area contributed by atoms with E-state index in [1.54, 1.807) is 26.8 Å². The maximum absolute atomic E-state index is 13.5. The van der Waals surface area contributed by atoms with Crippen LogP contribution in [0.2, 0.25) is 0 Å². The Morgan fingerprint density at radius 3 is 2.21 bits per heavy atom. The molecule has 10 nitrogen and oxygen atoms in total. The predicted octanol–water partition coefficient (Wildman–Crippen LogP) is 6.41. The zero-order valence-electron chi connectivity index (χ0n) is 33.9. The maximum atomic E-state index is 13.5. The summed E-state index contributed by atoms with van der Waals surface area (Å²) in [6, 6.07) is 0. The summed E-state index contributed by atoms with van der Waals surface area (Å²) in [6.07, 6.45) is 13.7. The summed E-state index contributed by atoms with van der Waals surface area (Å²) in [4.78, 5) is 13.5. The lowest BCUT2D eigenvalue weighted by atomic mass is 9.78. The van der Waals surface area contributed by atoms with Crippen LogP contribution < -0.4 is 0 Å². The molecule has 3 rings (SSSR count). The molecule has 5 N–H and O–H groups in total. The number of aliphatic hydroxyl groups excluding tert-OH is 5. The zero-order valence-corrected chi connectivity index (χ0v) is 33.9. The van der Waals surface area contributed by atoms with Gasteiger partial charge < -0.3 is 44.5 Å². The molecule has 53 heavy (non-hydrogen) atoms. The predicted molar refractivity (Wildman–Crippen MR) is 207 cm³/mol. The van der Waals surface area contributed by atoms with E-state index in [9.17, 15) is 30.3 Å². The second kappa shape index (κ2) is 22.2. The summed E-state index contributed by atoms with van der Waals surface area (Å²) >= 11 is 0. The molecular formula is C43H74O10. The fraction of sp³-hybridized carbons (Fsp3) is 0.837. The second-order valence-corrected chi connectivity index (χ2v) is 16.7. The normalized spacial score (nSPS) is 44.4. The average Bonchev–Trinajstić information content (AvgIpc) is 3.12. The SMILES string of the molecule is CC[C@H]1/C=C/C=C/CC[C@@H](O)[C@@H](C)[C@@H](O)C[C@@H](OC)C[C@@H](O)[C@H](C)[C@H](O)[C@@H](C)/C=C/C(=O)O[C@H]2C[C@@]3(CC[C@H](C)[C@H](C[C@@H](C)O)O3)O[C@@H](CC1)[C@H]2CC. The van der Waals surface area contributed by atoms with Crippen molar-refractivity contribution in [1.29, 1.82) is 0 Å². The van der Waals surface area contributed by atoms with Gasteiger partial charge in [0, 0.05) is 49.7 Å². The van der Waals surface area contributed by atoms with Crippen molar-refractivity contribution < 1.29 is 49.3 Å². The molecule has 2 bridgehead atoms. The van der Waals surface area contributed by atoms with E-state index in [2.05, 4.69) is 32.9 Å². The molecule has 2 fully saturated rings. The van der Waals surface area contributed by atoms with Crippen molar-refractivity contribution in [2.45, 2.75) is 186 Å². The van der Waals surface area contributed by atoms with Crippen LogP contribution in [0.5, 0.6) is 0 Å². The summed E-state index contributed by atoms with van der Waals surface area (Å²) in [5, 5.41) is 54.3. The Kier molecular flexibility index (Phi) is 19.2. The highest BCUT2D eigenvalue weighted by Gasteiger charge is 2.52. The summed E-state index contributed by atoms with van der Waals surface area (Å²) in [7, 11) is 1.53. The van der Waals surface area contributed by atoms with Gasteiger partial charge in [0.2, 0.25) is 0 Å². The number of esters is 1. The van der Waals surface area contributed by atoms with Gasteiger partial charge in [0.25, 0.3) is 0 Å².